The number of likely N-dealkylation sites (N-methyl/N-ethyl adjacent to an activating group) is 1. The largest absolute Gasteiger partial charge is 0.481 e. The molecule has 3 aromatic rings. The number of unbranched alkanes of at least 4 members (excludes halogenated alkanes) is 1. The van der Waals surface area contributed by atoms with E-state index in [4.69, 9.17) is 20.3 Å². The van der Waals surface area contributed by atoms with Crippen LogP contribution in [0.5, 0.6) is 12.0 Å². The van der Waals surface area contributed by atoms with E-state index in [1.54, 1.807) is 7.11 Å². The molecular weight excluding hydrogens is 412 g/mol. The lowest BCUT2D eigenvalue weighted by Gasteiger charge is -2.18. The fraction of sp³-hybridized carbons (Fsp3) is 0.455. The smallest absolute Gasteiger partial charge is 0.320 e. The van der Waals surface area contributed by atoms with Crippen LogP contribution in [-0.2, 0) is 24.3 Å². The van der Waals surface area contributed by atoms with Crippen LogP contribution in [0.1, 0.15) is 30.9 Å². The normalized spacial score (nSPS) is 11.2. The Morgan fingerprint density at radius 2 is 2.03 bits per heavy atom. The maximum atomic E-state index is 11.0. The van der Waals surface area contributed by atoms with E-state index in [1.165, 1.54) is 0 Å². The number of carbonyl (C=O) groups is 1. The van der Waals surface area contributed by atoms with Gasteiger partial charge in [-0.3, -0.25) is 9.36 Å². The molecule has 32 heavy (non-hydrogen) atoms. The lowest BCUT2D eigenvalue weighted by Crippen LogP contribution is -2.23. The van der Waals surface area contributed by atoms with Crippen molar-refractivity contribution in [3.63, 3.8) is 0 Å². The molecule has 0 aliphatic heterocycles. The Hall–Kier alpha value is -3.40. The lowest BCUT2D eigenvalue weighted by molar-refractivity contribution is -0.136. The average Bonchev–Trinajstić information content (AvgIpc) is 3.10. The van der Waals surface area contributed by atoms with Crippen molar-refractivity contribution in [3.05, 3.63) is 35.4 Å². The summed E-state index contributed by atoms with van der Waals surface area (Å²) in [6.45, 7) is 4.53. The Balaban J connectivity index is 1.73. The zero-order chi connectivity index (χ0) is 23.1. The molecule has 2 aromatic heterocycles. The maximum Gasteiger partial charge on any atom is 0.320 e. The first kappa shape index (κ1) is 23.3. The number of nitrogens with two attached hydrogens (primary N) is 1. The number of ether oxygens (including phenoxy) is 2. The SMILES string of the molecule is CCCCOc1nc(N)c2nc(OC)n(CCN(C)Cc3cccc(CC(=O)O)c3)c2n1. The number of aromatic nitrogens is 4. The van der Waals surface area contributed by atoms with E-state index in [9.17, 15) is 4.79 Å². The molecule has 0 saturated heterocycles. The van der Waals surface area contributed by atoms with E-state index in [2.05, 4.69) is 26.8 Å². The van der Waals surface area contributed by atoms with Gasteiger partial charge in [0.15, 0.2) is 17.0 Å². The number of benzene rings is 1. The Kier molecular flexibility index (Phi) is 7.82. The van der Waals surface area contributed by atoms with Crippen molar-refractivity contribution < 1.29 is 19.4 Å². The number of fused-ring (bicyclic) bond motifs is 1. The van der Waals surface area contributed by atoms with Gasteiger partial charge in [-0.1, -0.05) is 37.6 Å². The molecule has 10 heteroatoms. The molecular formula is C22H30N6O4. The van der Waals surface area contributed by atoms with Gasteiger partial charge in [-0.25, -0.2) is 0 Å². The molecule has 0 atom stereocenters. The van der Waals surface area contributed by atoms with Crippen LogP contribution >= 0.6 is 0 Å². The predicted molar refractivity (Wildman–Crippen MR) is 121 cm³/mol. The first-order valence-electron chi connectivity index (χ1n) is 10.6. The molecule has 0 aliphatic carbocycles. The van der Waals surface area contributed by atoms with Crippen molar-refractivity contribution in [2.45, 2.75) is 39.3 Å². The third-order valence-electron chi connectivity index (χ3n) is 4.98. The van der Waals surface area contributed by atoms with E-state index in [0.717, 1.165) is 24.0 Å². The highest BCUT2D eigenvalue weighted by molar-refractivity contribution is 5.83. The summed E-state index contributed by atoms with van der Waals surface area (Å²) in [5.41, 5.74) is 8.97. The minimum absolute atomic E-state index is 0.0135. The molecule has 3 rings (SSSR count). The first-order valence-corrected chi connectivity index (χ1v) is 10.6. The minimum Gasteiger partial charge on any atom is -0.481 e. The van der Waals surface area contributed by atoms with Gasteiger partial charge < -0.3 is 25.2 Å². The van der Waals surface area contributed by atoms with Gasteiger partial charge in [0.25, 0.3) is 6.01 Å². The van der Waals surface area contributed by atoms with Crippen LogP contribution < -0.4 is 15.2 Å². The quantitative estimate of drug-likeness (QED) is 0.406. The molecule has 172 valence electrons. The molecule has 0 amide bonds. The number of nitrogen functional groups attached to an aromatic ring is 1. The van der Waals surface area contributed by atoms with E-state index >= 15 is 0 Å². The zero-order valence-corrected chi connectivity index (χ0v) is 18.7. The lowest BCUT2D eigenvalue weighted by atomic mass is 10.1. The molecule has 0 bridgehead atoms. The summed E-state index contributed by atoms with van der Waals surface area (Å²) in [7, 11) is 3.55. The number of carboxylic acids is 1. The highest BCUT2D eigenvalue weighted by atomic mass is 16.5. The number of hydrogen-bond acceptors (Lipinski definition) is 8. The molecule has 1 aromatic carbocycles. The predicted octanol–water partition coefficient (Wildman–Crippen LogP) is 2.36. The van der Waals surface area contributed by atoms with Gasteiger partial charge >= 0.3 is 12.0 Å². The van der Waals surface area contributed by atoms with Gasteiger partial charge in [0.2, 0.25) is 0 Å². The summed E-state index contributed by atoms with van der Waals surface area (Å²) in [6, 6.07) is 8.26. The molecule has 0 spiro atoms. The molecule has 2 heterocycles. The Bertz CT molecular complexity index is 1070. The van der Waals surface area contributed by atoms with Crippen LogP contribution in [0, 0.1) is 0 Å². The Morgan fingerprint density at radius 3 is 2.75 bits per heavy atom. The maximum absolute atomic E-state index is 11.0. The number of methoxy groups -OCH3 is 1. The second kappa shape index (κ2) is 10.8. The van der Waals surface area contributed by atoms with Crippen molar-refractivity contribution in [2.24, 2.45) is 0 Å². The number of hydrogen-bond donors (Lipinski definition) is 2. The van der Waals surface area contributed by atoms with Gasteiger partial charge in [0, 0.05) is 19.6 Å². The van der Waals surface area contributed by atoms with E-state index < -0.39 is 5.97 Å². The van der Waals surface area contributed by atoms with Crippen LogP contribution in [0.25, 0.3) is 11.2 Å². The molecule has 3 N–H and O–H groups in total. The summed E-state index contributed by atoms with van der Waals surface area (Å²) >= 11 is 0. The van der Waals surface area contributed by atoms with Crippen LogP contribution in [-0.4, -0.2) is 62.8 Å². The third kappa shape index (κ3) is 5.85. The van der Waals surface area contributed by atoms with Crippen molar-refractivity contribution in [1.82, 2.24) is 24.4 Å². The second-order valence-electron chi connectivity index (χ2n) is 7.64. The zero-order valence-electron chi connectivity index (χ0n) is 18.7. The number of carboxylic acid groups (broad SMARTS) is 1. The van der Waals surface area contributed by atoms with Crippen molar-refractivity contribution >= 4 is 23.0 Å². The second-order valence-corrected chi connectivity index (χ2v) is 7.64. The molecule has 0 unspecified atom stereocenters. The van der Waals surface area contributed by atoms with Crippen LogP contribution in [0.4, 0.5) is 5.82 Å². The Labute approximate surface area is 187 Å². The van der Waals surface area contributed by atoms with E-state index in [0.29, 0.717) is 43.4 Å². The highest BCUT2D eigenvalue weighted by Crippen LogP contribution is 2.25. The van der Waals surface area contributed by atoms with Crippen LogP contribution in [0.2, 0.25) is 0 Å². The fourth-order valence-electron chi connectivity index (χ4n) is 3.38. The molecule has 0 radical (unpaired) electrons. The van der Waals surface area contributed by atoms with Crippen molar-refractivity contribution in [2.75, 3.05) is 33.0 Å². The summed E-state index contributed by atoms with van der Waals surface area (Å²) in [5, 5.41) is 9.01. The molecule has 10 nitrogen and oxygen atoms in total. The topological polar surface area (TPSA) is 129 Å². The van der Waals surface area contributed by atoms with E-state index in [1.807, 2.05) is 35.9 Å². The minimum atomic E-state index is -0.839. The van der Waals surface area contributed by atoms with Crippen molar-refractivity contribution in [1.29, 1.82) is 0 Å². The number of aliphatic carboxylic acids is 1. The molecule has 0 saturated carbocycles. The van der Waals surface area contributed by atoms with E-state index in [-0.39, 0.29) is 18.2 Å². The van der Waals surface area contributed by atoms with Gasteiger partial charge in [-0.15, -0.1) is 0 Å². The highest BCUT2D eigenvalue weighted by Gasteiger charge is 2.18. The monoisotopic (exact) mass is 442 g/mol. The summed E-state index contributed by atoms with van der Waals surface area (Å²) in [5.74, 6) is -0.587. The molecule has 0 fully saturated rings. The number of rotatable bonds is 12. The summed E-state index contributed by atoms with van der Waals surface area (Å²) in [6.07, 6.45) is 1.93. The summed E-state index contributed by atoms with van der Waals surface area (Å²) in [4.78, 5) is 26.2. The van der Waals surface area contributed by atoms with Crippen LogP contribution in [0.3, 0.4) is 0 Å². The van der Waals surface area contributed by atoms with Crippen LogP contribution in [0.15, 0.2) is 24.3 Å². The van der Waals surface area contributed by atoms with Gasteiger partial charge in [0.1, 0.15) is 0 Å². The number of anilines is 1. The van der Waals surface area contributed by atoms with Gasteiger partial charge in [-0.2, -0.15) is 15.0 Å². The van der Waals surface area contributed by atoms with Crippen molar-refractivity contribution in [3.8, 4) is 12.0 Å². The van der Waals surface area contributed by atoms with Gasteiger partial charge in [0.05, 0.1) is 20.1 Å². The fourth-order valence-corrected chi connectivity index (χ4v) is 3.38. The third-order valence-corrected chi connectivity index (χ3v) is 4.98. The first-order chi connectivity index (χ1) is 15.4. The average molecular weight is 443 g/mol. The number of nitrogens with zero attached hydrogens (tertiary/aromatic N) is 5. The number of imidazole rings is 1. The standard InChI is InChI=1S/C22H30N6O4/c1-4-5-11-32-21-25-19(23)18-20(26-21)28(22(24-18)31-3)10-9-27(2)14-16-8-6-7-15(12-16)13-17(29)30/h6-8,12H,4-5,9-11,13-14H2,1-3H3,(H,29,30)(H2,23,25,26). The Morgan fingerprint density at radius 1 is 1.25 bits per heavy atom. The molecule has 0 aliphatic rings. The summed E-state index contributed by atoms with van der Waals surface area (Å²) < 4.78 is 12.9. The van der Waals surface area contributed by atoms with Gasteiger partial charge in [-0.05, 0) is 24.6 Å².